The Kier molecular flexibility index (Phi) is 2.05. The van der Waals surface area contributed by atoms with Gasteiger partial charge < -0.3 is 0 Å². The second-order valence-corrected chi connectivity index (χ2v) is 6.12. The van der Waals surface area contributed by atoms with E-state index < -0.39 is 0 Å². The molecule has 0 atom stereocenters. The van der Waals surface area contributed by atoms with Gasteiger partial charge in [-0.1, -0.05) is 0 Å². The summed E-state index contributed by atoms with van der Waals surface area (Å²) in [7, 11) is 0. The van der Waals surface area contributed by atoms with Crippen molar-refractivity contribution in [1.29, 1.82) is 0 Å². The van der Waals surface area contributed by atoms with Gasteiger partial charge in [0.1, 0.15) is 0 Å². The van der Waals surface area contributed by atoms with Gasteiger partial charge in [-0.05, 0) is 0 Å². The molecule has 2 aromatic rings. The van der Waals surface area contributed by atoms with E-state index in [1.165, 1.54) is 15.3 Å². The second-order valence-electron chi connectivity index (χ2n) is 4.25. The summed E-state index contributed by atoms with van der Waals surface area (Å²) in [4.78, 5) is 6.65. The molecular weight excluding hydrogens is 225 g/mol. The third kappa shape index (κ3) is 1.56. The van der Waals surface area contributed by atoms with E-state index in [0.717, 1.165) is 0 Å². The summed E-state index contributed by atoms with van der Waals surface area (Å²) in [6, 6.07) is 4.37. The zero-order valence-corrected chi connectivity index (χ0v) is 9.88. The van der Waals surface area contributed by atoms with Crippen molar-refractivity contribution in [3.8, 4) is 0 Å². The first-order chi connectivity index (χ1) is 6.09. The summed E-state index contributed by atoms with van der Waals surface area (Å²) in [6.45, 7) is 6.76. The van der Waals surface area contributed by atoms with Gasteiger partial charge in [0.2, 0.25) is 0 Å². The van der Waals surface area contributed by atoms with Gasteiger partial charge in [-0.25, -0.2) is 0 Å². The van der Waals surface area contributed by atoms with Crippen LogP contribution in [0.15, 0.2) is 23.3 Å². The minimum atomic E-state index is 0.234. The Labute approximate surface area is 84.5 Å². The average molecular weight is 238 g/mol. The van der Waals surface area contributed by atoms with E-state index in [-0.39, 0.29) is 5.41 Å². The summed E-state index contributed by atoms with van der Waals surface area (Å²) < 4.78 is 1.29. The van der Waals surface area contributed by atoms with E-state index in [1.54, 1.807) is 0 Å². The van der Waals surface area contributed by atoms with Gasteiger partial charge in [0.05, 0.1) is 0 Å². The van der Waals surface area contributed by atoms with Crippen molar-refractivity contribution in [3.63, 3.8) is 0 Å². The summed E-state index contributed by atoms with van der Waals surface area (Å²) >= 11 is 0.469. The van der Waals surface area contributed by atoms with Gasteiger partial charge in [-0.2, -0.15) is 0 Å². The molecule has 0 spiro atoms. The van der Waals surface area contributed by atoms with Gasteiger partial charge in [0.15, 0.2) is 0 Å². The first kappa shape index (κ1) is 8.98. The summed E-state index contributed by atoms with van der Waals surface area (Å²) in [5, 5.41) is 1.37. The Bertz CT molecular complexity index is 423. The molecule has 68 valence electrons. The van der Waals surface area contributed by atoms with Crippen molar-refractivity contribution in [2.45, 2.75) is 26.2 Å². The fourth-order valence-corrected chi connectivity index (χ4v) is 3.12. The molecule has 0 saturated heterocycles. The number of hydrogen-bond donors (Lipinski definition) is 0. The molecule has 0 aliphatic rings. The fraction of sp³-hybridized carbons (Fsp3) is 0.364. The van der Waals surface area contributed by atoms with Crippen LogP contribution in [0.4, 0.5) is 0 Å². The molecular formula is C11H13NSe. The van der Waals surface area contributed by atoms with Crippen LogP contribution < -0.4 is 0 Å². The number of nitrogens with zero attached hydrogens (tertiary/aromatic N) is 1. The number of aromatic nitrogens is 1. The third-order valence-corrected chi connectivity index (χ3v) is 3.90. The van der Waals surface area contributed by atoms with Gasteiger partial charge in [-0.15, -0.1) is 0 Å². The van der Waals surface area contributed by atoms with Crippen molar-refractivity contribution in [2.24, 2.45) is 0 Å². The van der Waals surface area contributed by atoms with Crippen LogP contribution in [0.1, 0.15) is 26.3 Å². The Morgan fingerprint density at radius 1 is 1.23 bits per heavy atom. The number of hydrogen-bond acceptors (Lipinski definition) is 1. The Morgan fingerprint density at radius 2 is 2.00 bits per heavy atom. The molecule has 0 unspecified atom stereocenters. The maximum atomic E-state index is 4.40. The van der Waals surface area contributed by atoms with E-state index in [1.807, 2.05) is 6.20 Å². The first-order valence-corrected chi connectivity index (χ1v) is 6.26. The van der Waals surface area contributed by atoms with Crippen LogP contribution in [-0.2, 0) is 5.41 Å². The fourth-order valence-electron chi connectivity index (χ4n) is 1.53. The Morgan fingerprint density at radius 3 is 2.69 bits per heavy atom. The molecule has 0 N–H and O–H groups in total. The van der Waals surface area contributed by atoms with Crippen LogP contribution in [-0.4, -0.2) is 19.5 Å². The quantitative estimate of drug-likeness (QED) is 0.643. The molecule has 0 aliphatic carbocycles. The summed E-state index contributed by atoms with van der Waals surface area (Å²) in [5.41, 5.74) is 1.66. The third-order valence-electron chi connectivity index (χ3n) is 2.18. The van der Waals surface area contributed by atoms with E-state index in [0.29, 0.717) is 14.5 Å². The van der Waals surface area contributed by atoms with Crippen LogP contribution in [0.2, 0.25) is 0 Å². The van der Waals surface area contributed by atoms with Crippen LogP contribution in [0, 0.1) is 0 Å². The van der Waals surface area contributed by atoms with Gasteiger partial charge in [-0.3, -0.25) is 0 Å². The molecule has 0 radical (unpaired) electrons. The molecule has 0 fully saturated rings. The Hall–Kier alpha value is -0.591. The topological polar surface area (TPSA) is 12.9 Å². The van der Waals surface area contributed by atoms with Crippen LogP contribution in [0.25, 0.3) is 9.78 Å². The normalized spacial score (nSPS) is 12.2. The minimum absolute atomic E-state index is 0.234. The van der Waals surface area contributed by atoms with E-state index in [4.69, 9.17) is 0 Å². The van der Waals surface area contributed by atoms with E-state index in [9.17, 15) is 0 Å². The predicted molar refractivity (Wildman–Crippen MR) is 57.4 cm³/mol. The molecule has 2 rings (SSSR count). The molecule has 2 heteroatoms. The maximum absolute atomic E-state index is 4.40. The monoisotopic (exact) mass is 239 g/mol. The van der Waals surface area contributed by atoms with Crippen molar-refractivity contribution in [2.75, 3.05) is 0 Å². The van der Waals surface area contributed by atoms with Crippen molar-refractivity contribution < 1.29 is 0 Å². The van der Waals surface area contributed by atoms with Crippen molar-refractivity contribution in [1.82, 2.24) is 4.98 Å². The van der Waals surface area contributed by atoms with Crippen molar-refractivity contribution >= 4 is 24.3 Å². The molecule has 0 bridgehead atoms. The molecule has 0 saturated carbocycles. The Balaban J connectivity index is 2.75. The standard InChI is InChI=1S/C11H13NSe/c1-11(2,3)9-4-6-12-10-8(9)5-7-13-10/h4-7H,1-3H3. The zero-order chi connectivity index (χ0) is 9.47. The number of rotatable bonds is 0. The van der Waals surface area contributed by atoms with Gasteiger partial charge in [0.25, 0.3) is 0 Å². The average Bonchev–Trinajstić information content (AvgIpc) is 2.48. The molecule has 2 heterocycles. The van der Waals surface area contributed by atoms with Gasteiger partial charge in [0, 0.05) is 0 Å². The SMILES string of the molecule is CC(C)(C)c1ccnc2[se]ccc12. The summed E-state index contributed by atoms with van der Waals surface area (Å²) in [5.74, 6) is 0. The number of fused-ring (bicyclic) bond motifs is 1. The molecule has 13 heavy (non-hydrogen) atoms. The van der Waals surface area contributed by atoms with Crippen LogP contribution in [0.5, 0.6) is 0 Å². The molecule has 0 aromatic carbocycles. The van der Waals surface area contributed by atoms with E-state index in [2.05, 4.69) is 42.8 Å². The summed E-state index contributed by atoms with van der Waals surface area (Å²) in [6.07, 6.45) is 1.94. The van der Waals surface area contributed by atoms with Crippen molar-refractivity contribution in [3.05, 3.63) is 28.8 Å². The molecule has 1 nitrogen and oxygen atoms in total. The first-order valence-electron chi connectivity index (χ1n) is 4.42. The second kappa shape index (κ2) is 2.97. The van der Waals surface area contributed by atoms with E-state index >= 15 is 0 Å². The van der Waals surface area contributed by atoms with Crippen LogP contribution in [0.3, 0.4) is 0 Å². The zero-order valence-electron chi connectivity index (χ0n) is 8.16. The number of pyridine rings is 1. The molecule has 0 aliphatic heterocycles. The van der Waals surface area contributed by atoms with Gasteiger partial charge >= 0.3 is 84.3 Å². The van der Waals surface area contributed by atoms with Crippen LogP contribution >= 0.6 is 0 Å². The predicted octanol–water partition coefficient (Wildman–Crippen LogP) is 2.59. The molecule has 0 amide bonds. The molecule has 2 aromatic heterocycles.